The Morgan fingerprint density at radius 3 is 2.58 bits per heavy atom. The Hall–Kier alpha value is -0.530. The molecule has 0 aromatic rings. The van der Waals surface area contributed by atoms with Crippen molar-refractivity contribution in [1.29, 1.82) is 0 Å². The highest BCUT2D eigenvalue weighted by atomic mass is 16.2. The van der Waals surface area contributed by atoms with Crippen LogP contribution in [0.5, 0.6) is 0 Å². The lowest BCUT2D eigenvalue weighted by Gasteiger charge is -2.22. The summed E-state index contributed by atoms with van der Waals surface area (Å²) < 4.78 is 0. The molecule has 1 saturated heterocycles. The lowest BCUT2D eigenvalue weighted by molar-refractivity contribution is -0.130. The Morgan fingerprint density at radius 1 is 1.50 bits per heavy atom. The van der Waals surface area contributed by atoms with E-state index in [0.29, 0.717) is 17.7 Å². The summed E-state index contributed by atoms with van der Waals surface area (Å²) in [6, 6.07) is 0. The maximum Gasteiger partial charge on any atom is 0.222 e. The van der Waals surface area contributed by atoms with Crippen LogP contribution in [0.3, 0.4) is 0 Å². The van der Waals surface area contributed by atoms with Gasteiger partial charge in [-0.2, -0.15) is 0 Å². The lowest BCUT2D eigenvalue weighted by Crippen LogP contribution is -2.30. The van der Waals surface area contributed by atoms with Crippen LogP contribution in [0.1, 0.15) is 40.0 Å². The summed E-state index contributed by atoms with van der Waals surface area (Å²) in [5.74, 6) is 0.312. The molecule has 0 radical (unpaired) electrons. The summed E-state index contributed by atoms with van der Waals surface area (Å²) in [6.07, 6.45) is 3.01. The summed E-state index contributed by atoms with van der Waals surface area (Å²) in [5.41, 5.74) is 0.394. The lowest BCUT2D eigenvalue weighted by atomic mass is 9.87. The zero-order valence-corrected chi connectivity index (χ0v) is 8.39. The van der Waals surface area contributed by atoms with Crippen molar-refractivity contribution in [3.05, 3.63) is 0 Å². The molecule has 1 unspecified atom stereocenters. The maximum absolute atomic E-state index is 11.3. The van der Waals surface area contributed by atoms with Gasteiger partial charge in [0.05, 0.1) is 0 Å². The minimum atomic E-state index is 0.312. The molecule has 0 aromatic heterocycles. The van der Waals surface area contributed by atoms with Crippen LogP contribution in [0.4, 0.5) is 0 Å². The molecule has 1 amide bonds. The van der Waals surface area contributed by atoms with Gasteiger partial charge in [0.15, 0.2) is 0 Å². The first-order chi connectivity index (χ1) is 5.61. The van der Waals surface area contributed by atoms with Crippen molar-refractivity contribution in [1.82, 2.24) is 4.90 Å². The van der Waals surface area contributed by atoms with Gasteiger partial charge in [-0.15, -0.1) is 0 Å². The largest absolute Gasteiger partial charge is 0.342 e. The summed E-state index contributed by atoms with van der Waals surface area (Å²) in [6.45, 7) is 8.35. The molecule has 1 atom stereocenters. The Bertz CT molecular complexity index is 179. The highest BCUT2D eigenvalue weighted by Crippen LogP contribution is 2.32. The van der Waals surface area contributed by atoms with Gasteiger partial charge in [0.2, 0.25) is 5.91 Å². The molecule has 0 N–H and O–H groups in total. The third kappa shape index (κ3) is 1.79. The van der Waals surface area contributed by atoms with E-state index in [-0.39, 0.29) is 0 Å². The third-order valence-electron chi connectivity index (χ3n) is 3.07. The van der Waals surface area contributed by atoms with Gasteiger partial charge in [0, 0.05) is 19.5 Å². The fourth-order valence-corrected chi connectivity index (χ4v) is 1.75. The normalized spacial score (nSPS) is 29.4. The predicted octanol–water partition coefficient (Wildman–Crippen LogP) is 2.04. The molecule has 2 heteroatoms. The number of amides is 1. The van der Waals surface area contributed by atoms with Gasteiger partial charge in [0.1, 0.15) is 0 Å². The molecule has 1 aliphatic heterocycles. The Kier molecular flexibility index (Phi) is 2.76. The molecule has 1 fully saturated rings. The van der Waals surface area contributed by atoms with E-state index in [1.165, 1.54) is 12.8 Å². The molecule has 12 heavy (non-hydrogen) atoms. The van der Waals surface area contributed by atoms with E-state index in [0.717, 1.165) is 13.1 Å². The zero-order chi connectivity index (χ0) is 9.19. The number of hydrogen-bond acceptors (Lipinski definition) is 1. The first-order valence-electron chi connectivity index (χ1n) is 4.89. The van der Waals surface area contributed by atoms with Crippen LogP contribution >= 0.6 is 0 Å². The molecule has 0 aromatic carbocycles. The summed E-state index contributed by atoms with van der Waals surface area (Å²) in [5, 5.41) is 0. The fourth-order valence-electron chi connectivity index (χ4n) is 1.75. The first kappa shape index (κ1) is 9.56. The molecule has 1 heterocycles. The number of carbonyl (C=O) groups is 1. The summed E-state index contributed by atoms with van der Waals surface area (Å²) in [7, 11) is 0. The molecular formula is C10H19NO. The minimum absolute atomic E-state index is 0.312. The Balaban J connectivity index is 2.50. The van der Waals surface area contributed by atoms with Crippen LogP contribution in [0.25, 0.3) is 0 Å². The minimum Gasteiger partial charge on any atom is -0.342 e. The van der Waals surface area contributed by atoms with Gasteiger partial charge in [0.25, 0.3) is 0 Å². The molecule has 0 bridgehead atoms. The first-order valence-corrected chi connectivity index (χ1v) is 4.89. The van der Waals surface area contributed by atoms with Gasteiger partial charge < -0.3 is 4.90 Å². The van der Waals surface area contributed by atoms with Crippen LogP contribution in [0, 0.1) is 5.41 Å². The van der Waals surface area contributed by atoms with E-state index in [2.05, 4.69) is 13.8 Å². The van der Waals surface area contributed by atoms with E-state index in [1.54, 1.807) is 0 Å². The van der Waals surface area contributed by atoms with Gasteiger partial charge in [-0.3, -0.25) is 4.79 Å². The molecule has 0 saturated carbocycles. The highest BCUT2D eigenvalue weighted by Gasteiger charge is 2.33. The van der Waals surface area contributed by atoms with Crippen LogP contribution in [0.15, 0.2) is 0 Å². The van der Waals surface area contributed by atoms with Gasteiger partial charge in [-0.25, -0.2) is 0 Å². The van der Waals surface area contributed by atoms with Crippen LogP contribution in [0.2, 0.25) is 0 Å². The van der Waals surface area contributed by atoms with E-state index in [4.69, 9.17) is 0 Å². The quantitative estimate of drug-likeness (QED) is 0.619. The molecule has 70 valence electrons. The second-order valence-electron chi connectivity index (χ2n) is 4.08. The Morgan fingerprint density at radius 2 is 2.17 bits per heavy atom. The molecule has 0 aliphatic carbocycles. The number of carbonyl (C=O) groups excluding carboxylic acids is 1. The Labute approximate surface area is 74.9 Å². The average Bonchev–Trinajstić information content (AvgIpc) is 2.48. The van der Waals surface area contributed by atoms with Crippen LogP contribution in [-0.4, -0.2) is 23.9 Å². The van der Waals surface area contributed by atoms with Gasteiger partial charge in [-0.1, -0.05) is 20.8 Å². The van der Waals surface area contributed by atoms with Crippen molar-refractivity contribution in [3.8, 4) is 0 Å². The van der Waals surface area contributed by atoms with Crippen molar-refractivity contribution in [2.45, 2.75) is 40.0 Å². The third-order valence-corrected chi connectivity index (χ3v) is 3.07. The van der Waals surface area contributed by atoms with Crippen molar-refractivity contribution in [2.24, 2.45) is 5.41 Å². The van der Waals surface area contributed by atoms with E-state index in [9.17, 15) is 4.79 Å². The molecule has 1 aliphatic rings. The average molecular weight is 169 g/mol. The van der Waals surface area contributed by atoms with E-state index in [1.807, 2.05) is 11.8 Å². The predicted molar refractivity (Wildman–Crippen MR) is 49.9 cm³/mol. The molecular weight excluding hydrogens is 150 g/mol. The number of hydrogen-bond donors (Lipinski definition) is 0. The summed E-state index contributed by atoms with van der Waals surface area (Å²) >= 11 is 0. The van der Waals surface area contributed by atoms with Crippen molar-refractivity contribution >= 4 is 5.91 Å². The van der Waals surface area contributed by atoms with E-state index < -0.39 is 0 Å². The van der Waals surface area contributed by atoms with E-state index >= 15 is 0 Å². The second kappa shape index (κ2) is 3.46. The number of likely N-dealkylation sites (tertiary alicyclic amines) is 1. The number of nitrogens with zero attached hydrogens (tertiary/aromatic N) is 1. The standard InChI is InChI=1S/C10H19NO/c1-4-9(12)11-7-6-10(3,5-2)8-11/h4-8H2,1-3H3. The molecule has 2 nitrogen and oxygen atoms in total. The van der Waals surface area contributed by atoms with Crippen LogP contribution in [-0.2, 0) is 4.79 Å². The SMILES string of the molecule is CCC(=O)N1CCC(C)(CC)C1. The zero-order valence-electron chi connectivity index (χ0n) is 8.39. The van der Waals surface area contributed by atoms with Gasteiger partial charge >= 0.3 is 0 Å². The van der Waals surface area contributed by atoms with Crippen molar-refractivity contribution in [3.63, 3.8) is 0 Å². The maximum atomic E-state index is 11.3. The van der Waals surface area contributed by atoms with Crippen LogP contribution < -0.4 is 0 Å². The second-order valence-corrected chi connectivity index (χ2v) is 4.08. The highest BCUT2D eigenvalue weighted by molar-refractivity contribution is 5.76. The summed E-state index contributed by atoms with van der Waals surface area (Å²) in [4.78, 5) is 13.3. The van der Waals surface area contributed by atoms with Crippen molar-refractivity contribution in [2.75, 3.05) is 13.1 Å². The smallest absolute Gasteiger partial charge is 0.222 e. The monoisotopic (exact) mass is 169 g/mol. The number of rotatable bonds is 2. The molecule has 0 spiro atoms. The molecule has 1 rings (SSSR count). The van der Waals surface area contributed by atoms with Crippen molar-refractivity contribution < 1.29 is 4.79 Å². The topological polar surface area (TPSA) is 20.3 Å². The van der Waals surface area contributed by atoms with Gasteiger partial charge in [-0.05, 0) is 18.3 Å². The fraction of sp³-hybridized carbons (Fsp3) is 0.900.